The highest BCUT2D eigenvalue weighted by Gasteiger charge is 2.71. The lowest BCUT2D eigenvalue weighted by Gasteiger charge is -2.71. The summed E-state index contributed by atoms with van der Waals surface area (Å²) in [6, 6.07) is -0.0833. The second-order valence-electron chi connectivity index (χ2n) is 17.0. The first kappa shape index (κ1) is 33.6. The van der Waals surface area contributed by atoms with Gasteiger partial charge in [0.2, 0.25) is 0 Å². The zero-order chi connectivity index (χ0) is 32.7. The summed E-state index contributed by atoms with van der Waals surface area (Å²) in [4.78, 5) is 18.1. The van der Waals surface area contributed by atoms with Crippen LogP contribution < -0.4 is 5.73 Å². The largest absolute Gasteiger partial charge is 0.481 e. The van der Waals surface area contributed by atoms with E-state index in [9.17, 15) is 9.90 Å². The third-order valence-electron chi connectivity index (χ3n) is 14.7. The molecule has 12 atom stereocenters. The van der Waals surface area contributed by atoms with Gasteiger partial charge in [0.25, 0.3) is 0 Å². The highest BCUT2D eigenvalue weighted by Crippen LogP contribution is 2.75. The molecule has 1 aliphatic heterocycles. The molecule has 2 bridgehead atoms. The lowest BCUT2D eigenvalue weighted by atomic mass is 9.34. The first-order valence-electron chi connectivity index (χ1n) is 17.4. The summed E-state index contributed by atoms with van der Waals surface area (Å²) in [7, 11) is 1.83. The second-order valence-corrected chi connectivity index (χ2v) is 17.9. The average molecular weight is 643 g/mol. The molecule has 6 rings (SSSR count). The highest BCUT2D eigenvalue weighted by atomic mass is 32.1. The number of ether oxygens (including phenoxy) is 3. The van der Waals surface area contributed by atoms with Crippen molar-refractivity contribution in [2.75, 3.05) is 20.3 Å². The number of methoxy groups -OCH3 is 1. The van der Waals surface area contributed by atoms with E-state index in [-0.39, 0.29) is 51.2 Å². The molecule has 2 heterocycles. The molecule has 1 saturated heterocycles. The molecule has 252 valence electrons. The Morgan fingerprint density at radius 3 is 2.49 bits per heavy atom. The molecule has 1 aromatic rings. The first-order valence-corrected chi connectivity index (χ1v) is 18.3. The van der Waals surface area contributed by atoms with Gasteiger partial charge in [-0.1, -0.05) is 60.1 Å². The Morgan fingerprint density at radius 2 is 1.87 bits per heavy atom. The van der Waals surface area contributed by atoms with Crippen LogP contribution in [0.25, 0.3) is 0 Å². The monoisotopic (exact) mass is 642 g/mol. The van der Waals surface area contributed by atoms with E-state index < -0.39 is 5.97 Å². The Hall–Kier alpha value is -1.32. The van der Waals surface area contributed by atoms with Crippen molar-refractivity contribution in [3.63, 3.8) is 0 Å². The van der Waals surface area contributed by atoms with Gasteiger partial charge in [-0.15, -0.1) is 11.3 Å². The first-order chi connectivity index (χ1) is 21.1. The summed E-state index contributed by atoms with van der Waals surface area (Å²) in [6.45, 7) is 20.0. The summed E-state index contributed by atoms with van der Waals surface area (Å²) in [5.74, 6) is 0.550. The van der Waals surface area contributed by atoms with Crippen molar-refractivity contribution >= 4 is 17.3 Å². The van der Waals surface area contributed by atoms with Gasteiger partial charge in [0, 0.05) is 23.3 Å². The van der Waals surface area contributed by atoms with Crippen molar-refractivity contribution in [1.29, 1.82) is 0 Å². The van der Waals surface area contributed by atoms with Gasteiger partial charge >= 0.3 is 5.97 Å². The molecular formula is C37H58N2O5S. The lowest BCUT2D eigenvalue weighted by molar-refractivity contribution is -0.269. The third-order valence-corrected chi connectivity index (χ3v) is 15.8. The second kappa shape index (κ2) is 11.4. The molecule has 3 N–H and O–H groups in total. The summed E-state index contributed by atoms with van der Waals surface area (Å²) in [5.41, 5.74) is 7.57. The van der Waals surface area contributed by atoms with Gasteiger partial charge < -0.3 is 25.1 Å². The fourth-order valence-electron chi connectivity index (χ4n) is 11.9. The molecule has 3 saturated carbocycles. The fraction of sp³-hybridized carbons (Fsp3) is 0.838. The van der Waals surface area contributed by atoms with Crippen molar-refractivity contribution in [2.24, 2.45) is 62.4 Å². The Bertz CT molecular complexity index is 1330. The highest BCUT2D eigenvalue weighted by molar-refractivity contribution is 7.09. The van der Waals surface area contributed by atoms with Crippen LogP contribution >= 0.6 is 11.3 Å². The Kier molecular flexibility index (Phi) is 8.50. The number of nitrogens with zero attached hydrogens (tertiary/aromatic N) is 1. The zero-order valence-electron chi connectivity index (χ0n) is 29.2. The van der Waals surface area contributed by atoms with Crippen LogP contribution in [0.4, 0.5) is 0 Å². The van der Waals surface area contributed by atoms with Gasteiger partial charge in [-0.2, -0.15) is 0 Å². The summed E-state index contributed by atoms with van der Waals surface area (Å²) >= 11 is 1.59. The van der Waals surface area contributed by atoms with Crippen molar-refractivity contribution in [3.8, 4) is 0 Å². The average Bonchev–Trinajstić information content (AvgIpc) is 3.45. The number of hydrogen-bond acceptors (Lipinski definition) is 7. The summed E-state index contributed by atoms with van der Waals surface area (Å²) < 4.78 is 19.7. The standard InChI is InChI=1S/C37H58N2O5S/c1-21(2)22(3)33(5)14-15-35(7)25-10-11-28-34(6)19-43-20-37(28,26(25)12-13-36(35,8)29(33)32(40)41)16-27(42-9)30(34)44-17-24-18-45-31(39-24)23(4)38/h12,18,21-23,25,27-30H,10-11,13-17,19-20,38H2,1-9H3,(H,40,41)/t22-,23+,25+,27-,28+,29-,30+,33-,34+,35-,36+,37-/m1/s1. The van der Waals surface area contributed by atoms with E-state index in [1.54, 1.807) is 11.3 Å². The van der Waals surface area contributed by atoms with E-state index in [1.807, 2.05) is 14.0 Å². The van der Waals surface area contributed by atoms with E-state index in [2.05, 4.69) is 59.9 Å². The normalized spacial score (nSPS) is 45.6. The van der Waals surface area contributed by atoms with E-state index >= 15 is 0 Å². The number of aliphatic carboxylic acids is 1. The van der Waals surface area contributed by atoms with Crippen LogP contribution in [0, 0.1) is 56.7 Å². The maximum absolute atomic E-state index is 13.3. The van der Waals surface area contributed by atoms with Crippen molar-refractivity contribution in [2.45, 2.75) is 119 Å². The molecular weight excluding hydrogens is 584 g/mol. The number of thiazole rings is 1. The maximum atomic E-state index is 13.3. The lowest BCUT2D eigenvalue weighted by Crippen LogP contribution is -2.70. The number of fused-ring (bicyclic) bond motifs is 3. The number of aromatic nitrogens is 1. The van der Waals surface area contributed by atoms with Crippen LogP contribution in [0.3, 0.4) is 0 Å². The molecule has 7 nitrogen and oxygen atoms in total. The van der Waals surface area contributed by atoms with Gasteiger partial charge in [0.05, 0.1) is 49.7 Å². The minimum Gasteiger partial charge on any atom is -0.481 e. The molecule has 5 aliphatic rings. The van der Waals surface area contributed by atoms with Crippen molar-refractivity contribution in [3.05, 3.63) is 27.7 Å². The Morgan fingerprint density at radius 1 is 1.13 bits per heavy atom. The molecule has 0 unspecified atom stereocenters. The van der Waals surface area contributed by atoms with Gasteiger partial charge in [0.15, 0.2) is 0 Å². The van der Waals surface area contributed by atoms with Gasteiger partial charge in [0.1, 0.15) is 5.01 Å². The summed E-state index contributed by atoms with van der Waals surface area (Å²) in [6.07, 6.45) is 8.25. The predicted molar refractivity (Wildman–Crippen MR) is 178 cm³/mol. The van der Waals surface area contributed by atoms with Gasteiger partial charge in [-0.25, -0.2) is 4.98 Å². The van der Waals surface area contributed by atoms with E-state index in [1.165, 1.54) is 5.57 Å². The van der Waals surface area contributed by atoms with E-state index in [0.717, 1.165) is 49.2 Å². The molecule has 0 aromatic carbocycles. The SMILES string of the molecule is CO[C@@H]1C[C@]23COC[C@@](C)([C@@H]2CC[C@H]2C3=CC[C@@]3(C)[C@H](C(=O)O)[C@@](C)([C@H](C)C(C)C)CC[C@]23C)[C@H]1OCc1csc([C@H](C)N)n1. The van der Waals surface area contributed by atoms with E-state index in [0.29, 0.717) is 43.5 Å². The van der Waals surface area contributed by atoms with Gasteiger partial charge in [-0.3, -0.25) is 4.79 Å². The molecule has 0 spiro atoms. The van der Waals surface area contributed by atoms with Crippen molar-refractivity contribution in [1.82, 2.24) is 4.98 Å². The van der Waals surface area contributed by atoms with Crippen molar-refractivity contribution < 1.29 is 24.1 Å². The molecule has 0 radical (unpaired) electrons. The third kappa shape index (κ3) is 4.69. The predicted octanol–water partition coefficient (Wildman–Crippen LogP) is 7.65. The molecule has 1 aromatic heterocycles. The number of rotatable bonds is 8. The van der Waals surface area contributed by atoms with Crippen LogP contribution in [0.1, 0.15) is 111 Å². The fourth-order valence-corrected chi connectivity index (χ4v) is 12.6. The Balaban J connectivity index is 1.35. The maximum Gasteiger partial charge on any atom is 0.307 e. The van der Waals surface area contributed by atoms with Crippen LogP contribution in [0.5, 0.6) is 0 Å². The quantitative estimate of drug-likeness (QED) is 0.281. The zero-order valence-corrected chi connectivity index (χ0v) is 30.0. The molecule has 0 amide bonds. The minimum atomic E-state index is -0.610. The molecule has 4 aliphatic carbocycles. The molecule has 4 fully saturated rings. The Labute approximate surface area is 275 Å². The summed E-state index contributed by atoms with van der Waals surface area (Å²) in [5, 5.41) is 13.9. The number of carbonyl (C=O) groups is 1. The van der Waals surface area contributed by atoms with Crippen LogP contribution in [-0.4, -0.2) is 48.6 Å². The number of carboxylic acids is 1. The molecule has 8 heteroatoms. The number of carboxylic acid groups (broad SMARTS) is 1. The minimum absolute atomic E-state index is 0.0595. The van der Waals surface area contributed by atoms with Crippen LogP contribution in [-0.2, 0) is 25.6 Å². The van der Waals surface area contributed by atoms with Gasteiger partial charge in [-0.05, 0) is 85.4 Å². The topological polar surface area (TPSA) is 104 Å². The number of allylic oxidation sites excluding steroid dienone is 1. The van der Waals surface area contributed by atoms with E-state index in [4.69, 9.17) is 24.9 Å². The number of hydrogen-bond donors (Lipinski definition) is 2. The van der Waals surface area contributed by atoms with Crippen LogP contribution in [0.2, 0.25) is 0 Å². The smallest absolute Gasteiger partial charge is 0.307 e. The molecule has 45 heavy (non-hydrogen) atoms. The van der Waals surface area contributed by atoms with Crippen LogP contribution in [0.15, 0.2) is 17.0 Å². The number of nitrogens with two attached hydrogens (primary N) is 1.